The van der Waals surface area contributed by atoms with E-state index in [4.69, 9.17) is 20.8 Å². The van der Waals surface area contributed by atoms with Crippen LogP contribution in [0.3, 0.4) is 0 Å². The van der Waals surface area contributed by atoms with Crippen LogP contribution in [0.1, 0.15) is 0 Å². The van der Waals surface area contributed by atoms with E-state index in [-0.39, 0.29) is 59.1 Å². The summed E-state index contributed by atoms with van der Waals surface area (Å²) in [6, 6.07) is 0. The molecule has 0 aliphatic rings. The summed E-state index contributed by atoms with van der Waals surface area (Å²) in [7, 11) is 0. The predicted molar refractivity (Wildman–Crippen MR) is 28.2 cm³/mol. The van der Waals surface area contributed by atoms with Gasteiger partial charge in [0.1, 0.15) is 0 Å². The van der Waals surface area contributed by atoms with E-state index in [0.717, 1.165) is 0 Å². The Bertz CT molecular complexity index is 77.3. The largest absolute Gasteiger partial charge is 1.00 e. The van der Waals surface area contributed by atoms with Gasteiger partial charge >= 0.3 is 59.1 Å². The zero-order chi connectivity index (χ0) is 7.15. The van der Waals surface area contributed by atoms with Crippen molar-refractivity contribution in [2.75, 3.05) is 0 Å². The summed E-state index contributed by atoms with van der Waals surface area (Å²) in [5.74, 6) is 0. The summed E-state index contributed by atoms with van der Waals surface area (Å²) in [4.78, 5) is -1.50. The summed E-state index contributed by atoms with van der Waals surface area (Å²) >= 11 is 0. The van der Waals surface area contributed by atoms with Gasteiger partial charge in [-0.25, -0.2) is 0 Å². The van der Waals surface area contributed by atoms with E-state index in [0.29, 0.717) is 0 Å². The number of hydrogen-bond acceptors (Lipinski definition) is 4. The second kappa shape index (κ2) is 16.3. The van der Waals surface area contributed by atoms with Gasteiger partial charge in [0.25, 0.3) is 0 Å². The van der Waals surface area contributed by atoms with E-state index in [9.17, 15) is 0 Å². The molecule has 8 heteroatoms. The van der Waals surface area contributed by atoms with Crippen LogP contribution in [0.5, 0.6) is 0 Å². The Balaban J connectivity index is -0.0000000300. The van der Waals surface area contributed by atoms with E-state index in [1.165, 1.54) is 0 Å². The van der Waals surface area contributed by atoms with Crippen molar-refractivity contribution in [3.8, 4) is 0 Å². The zero-order valence-corrected chi connectivity index (χ0v) is 9.94. The van der Waals surface area contributed by atoms with E-state index >= 15 is 0 Å². The van der Waals surface area contributed by atoms with Gasteiger partial charge in [0.15, 0.2) is 13.4 Å². The molecule has 0 N–H and O–H groups in total. The van der Waals surface area contributed by atoms with Gasteiger partial charge in [0.05, 0.1) is 0 Å². The van der Waals surface area contributed by atoms with Crippen LogP contribution in [0.25, 0.3) is 0 Å². The van der Waals surface area contributed by atoms with Gasteiger partial charge in [-0.1, -0.05) is 0 Å². The first-order chi connectivity index (χ1) is 3.46. The van der Waals surface area contributed by atoms with E-state index in [1.54, 1.807) is 0 Å². The summed E-state index contributed by atoms with van der Waals surface area (Å²) < 4.78 is 0. The molecule has 0 aliphatic heterocycles. The molecule has 0 amide bonds. The first kappa shape index (κ1) is 22.4. The van der Waals surface area contributed by atoms with Gasteiger partial charge < -0.3 is 20.8 Å². The summed E-state index contributed by atoms with van der Waals surface area (Å²) in [6.07, 6.45) is 0. The molecule has 0 bridgehead atoms. The van der Waals surface area contributed by atoms with Crippen molar-refractivity contribution < 1.29 is 68.9 Å². The zero-order valence-electron chi connectivity index (χ0n) is 5.94. The van der Waals surface area contributed by atoms with Crippen molar-refractivity contribution >= 4 is 13.4 Å². The normalized spacial score (nSPS) is 4.80. The molecule has 0 atom stereocenters. The molecule has 0 unspecified atom stereocenters. The fraction of sp³-hybridized carbons (Fsp3) is 0. The average Bonchev–Trinajstić information content (AvgIpc) is 1.25. The fourth-order valence-corrected chi connectivity index (χ4v) is 0. The molecule has 0 heterocycles. The number of nitrogens with zero attached hydrogens (tertiary/aromatic N) is 2. The summed E-state index contributed by atoms with van der Waals surface area (Å²) in [6.45, 7) is 4.72. The Kier molecular flexibility index (Phi) is 36.5. The Morgan fingerprint density at radius 2 is 0.700 bits per heavy atom. The second-order valence-corrected chi connectivity index (χ2v) is 0.665. The molecule has 0 aliphatic carbocycles. The fourth-order valence-electron chi connectivity index (χ4n) is 0. The molecule has 0 spiro atoms. The van der Waals surface area contributed by atoms with E-state index in [2.05, 4.69) is 13.4 Å². The molecule has 48 valence electrons. The van der Waals surface area contributed by atoms with Crippen molar-refractivity contribution in [2.45, 2.75) is 0 Å². The van der Waals surface area contributed by atoms with Crippen LogP contribution >= 0.6 is 0 Å². The van der Waals surface area contributed by atoms with Crippen molar-refractivity contribution in [1.82, 2.24) is 0 Å². The topological polar surface area (TPSA) is 98.3 Å². The summed E-state index contributed by atoms with van der Waals surface area (Å²) in [5.41, 5.74) is 0. The maximum atomic E-state index is 8.69. The number of rotatable bonds is 0. The molecule has 0 fully saturated rings. The van der Waals surface area contributed by atoms with Crippen molar-refractivity contribution in [3.63, 3.8) is 0 Å². The predicted octanol–water partition coefficient (Wildman–Crippen LogP) is -6.60. The van der Waals surface area contributed by atoms with Gasteiger partial charge in [-0.15, -0.1) is 0 Å². The third kappa shape index (κ3) is 1660. The smallest absolute Gasteiger partial charge is 0.613 e. The Morgan fingerprint density at radius 1 is 0.700 bits per heavy atom. The van der Waals surface area contributed by atoms with Crippen LogP contribution in [0.15, 0.2) is 0 Å². The van der Waals surface area contributed by atoms with E-state index < -0.39 is 9.80 Å². The van der Waals surface area contributed by atoms with Crippen LogP contribution in [0, 0.1) is 20.8 Å². The Labute approximate surface area is 102 Å². The first-order valence-corrected chi connectivity index (χ1v) is 1.36. The van der Waals surface area contributed by atoms with Crippen LogP contribution < -0.4 is 59.1 Å². The molecule has 10 heavy (non-hydrogen) atoms. The molecule has 6 nitrogen and oxygen atoms in total. The van der Waals surface area contributed by atoms with Crippen LogP contribution in [-0.4, -0.2) is 23.2 Å². The van der Waals surface area contributed by atoms with Gasteiger partial charge in [0, 0.05) is 0 Å². The standard InChI is InChI=1S/2CH2NO2.2Na/c2*1-2(3)4;;/h2*1H2;;/q2*-1;2*+1. The molecular formula is C2H4N2Na2O4. The molecule has 0 rings (SSSR count). The molecule has 0 radical (unpaired) electrons. The van der Waals surface area contributed by atoms with Crippen molar-refractivity contribution in [1.29, 1.82) is 0 Å². The summed E-state index contributed by atoms with van der Waals surface area (Å²) in [5, 5.41) is 34.8. The molecule has 0 aromatic heterocycles. The SMILES string of the molecule is C=[N+]([O-])[O-].C=[N+]([O-])[O-].[Na+].[Na+]. The van der Waals surface area contributed by atoms with E-state index in [1.807, 2.05) is 0 Å². The minimum absolute atomic E-state index is 0. The Morgan fingerprint density at radius 3 is 0.700 bits per heavy atom. The van der Waals surface area contributed by atoms with Crippen molar-refractivity contribution in [3.05, 3.63) is 20.8 Å². The minimum Gasteiger partial charge on any atom is -0.613 e. The third-order valence-electron chi connectivity index (χ3n) is 0. The molecular weight excluding hydrogens is 162 g/mol. The molecule has 0 aromatic carbocycles. The molecule has 0 saturated carbocycles. The molecule has 0 saturated heterocycles. The van der Waals surface area contributed by atoms with Crippen molar-refractivity contribution in [2.24, 2.45) is 0 Å². The van der Waals surface area contributed by atoms with Gasteiger partial charge in [0.2, 0.25) is 0 Å². The molecule has 0 aromatic rings. The van der Waals surface area contributed by atoms with Crippen LogP contribution in [-0.2, 0) is 0 Å². The van der Waals surface area contributed by atoms with Crippen LogP contribution in [0.4, 0.5) is 0 Å². The Hall–Kier alpha value is 0.540. The second-order valence-electron chi connectivity index (χ2n) is 0.665. The van der Waals surface area contributed by atoms with Gasteiger partial charge in [-0.05, 0) is 0 Å². The maximum Gasteiger partial charge on any atom is 1.00 e. The van der Waals surface area contributed by atoms with Crippen LogP contribution in [0.2, 0.25) is 0 Å². The van der Waals surface area contributed by atoms with Gasteiger partial charge in [-0.3, -0.25) is 0 Å². The first-order valence-electron chi connectivity index (χ1n) is 1.36. The number of hydrogen-bond donors (Lipinski definition) is 0. The van der Waals surface area contributed by atoms with Gasteiger partial charge in [-0.2, -0.15) is 9.80 Å². The minimum atomic E-state index is -0.750. The maximum absolute atomic E-state index is 8.69. The third-order valence-corrected chi connectivity index (χ3v) is 0. The monoisotopic (exact) mass is 166 g/mol. The quantitative estimate of drug-likeness (QED) is 0.154. The average molecular weight is 166 g/mol.